The Hall–Kier alpha value is -2.75. The van der Waals surface area contributed by atoms with Crippen LogP contribution in [0.5, 0.6) is 11.5 Å². The molecular formula is C28H36O4. The zero-order chi connectivity index (χ0) is 22.6. The van der Waals surface area contributed by atoms with Crippen LogP contribution in [0.2, 0.25) is 0 Å². The Morgan fingerprint density at radius 2 is 1.38 bits per heavy atom. The maximum absolute atomic E-state index is 12.5. The predicted octanol–water partition coefficient (Wildman–Crippen LogP) is 7.77. The minimum atomic E-state index is -0.0820. The molecule has 1 aromatic heterocycles. The molecule has 0 N–H and O–H groups in total. The van der Waals surface area contributed by atoms with Crippen molar-refractivity contribution in [3.8, 4) is 22.8 Å². The first-order valence-electron chi connectivity index (χ1n) is 12.1. The van der Waals surface area contributed by atoms with E-state index in [-0.39, 0.29) is 5.43 Å². The van der Waals surface area contributed by atoms with Gasteiger partial charge in [0.2, 0.25) is 0 Å². The summed E-state index contributed by atoms with van der Waals surface area (Å²) in [6.07, 6.45) is 13.2. The zero-order valence-electron chi connectivity index (χ0n) is 19.5. The number of ether oxygens (including phenoxy) is 2. The van der Waals surface area contributed by atoms with Crippen LogP contribution >= 0.6 is 0 Å². The predicted molar refractivity (Wildman–Crippen MR) is 132 cm³/mol. The van der Waals surface area contributed by atoms with Crippen molar-refractivity contribution in [1.29, 1.82) is 0 Å². The van der Waals surface area contributed by atoms with E-state index >= 15 is 0 Å². The summed E-state index contributed by atoms with van der Waals surface area (Å²) >= 11 is 0. The van der Waals surface area contributed by atoms with E-state index in [4.69, 9.17) is 13.9 Å². The Kier molecular flexibility index (Phi) is 9.67. The van der Waals surface area contributed by atoms with Gasteiger partial charge in [-0.05, 0) is 48.9 Å². The third kappa shape index (κ3) is 7.15. The molecule has 0 bridgehead atoms. The SMILES string of the molecule is CCCCCCCCCCCCOc1ccc(-c2cc(=O)c3cc(OC)ccc3o2)cc1. The van der Waals surface area contributed by atoms with Gasteiger partial charge in [0, 0.05) is 11.6 Å². The lowest BCUT2D eigenvalue weighted by molar-refractivity contribution is 0.304. The molecule has 0 aliphatic heterocycles. The molecule has 0 aliphatic rings. The maximum atomic E-state index is 12.5. The highest BCUT2D eigenvalue weighted by Crippen LogP contribution is 2.26. The van der Waals surface area contributed by atoms with Crippen molar-refractivity contribution in [2.45, 2.75) is 71.1 Å². The van der Waals surface area contributed by atoms with Gasteiger partial charge in [-0.25, -0.2) is 0 Å². The van der Waals surface area contributed by atoms with Crippen molar-refractivity contribution in [3.63, 3.8) is 0 Å². The van der Waals surface area contributed by atoms with E-state index in [0.717, 1.165) is 24.3 Å². The topological polar surface area (TPSA) is 48.7 Å². The van der Waals surface area contributed by atoms with Crippen molar-refractivity contribution in [2.75, 3.05) is 13.7 Å². The minimum absolute atomic E-state index is 0.0820. The highest BCUT2D eigenvalue weighted by molar-refractivity contribution is 5.80. The highest BCUT2D eigenvalue weighted by atomic mass is 16.5. The van der Waals surface area contributed by atoms with Crippen molar-refractivity contribution in [2.24, 2.45) is 0 Å². The number of benzene rings is 2. The fourth-order valence-electron chi connectivity index (χ4n) is 3.90. The standard InChI is InChI=1S/C28H36O4/c1-3-4-5-6-7-8-9-10-11-12-19-31-23-15-13-22(14-16-23)28-21-26(29)25-20-24(30-2)17-18-27(25)32-28/h13-18,20-21H,3-12,19H2,1-2H3. The third-order valence-corrected chi connectivity index (χ3v) is 5.84. The van der Waals surface area contributed by atoms with E-state index in [9.17, 15) is 4.79 Å². The Bertz CT molecular complexity index is 1000. The van der Waals surface area contributed by atoms with Gasteiger partial charge in [0.15, 0.2) is 5.43 Å². The first-order valence-corrected chi connectivity index (χ1v) is 12.1. The van der Waals surface area contributed by atoms with Crippen LogP contribution in [0.4, 0.5) is 0 Å². The molecule has 0 radical (unpaired) electrons. The van der Waals surface area contributed by atoms with Crippen molar-refractivity contribution in [3.05, 3.63) is 58.8 Å². The van der Waals surface area contributed by atoms with Crippen molar-refractivity contribution in [1.82, 2.24) is 0 Å². The van der Waals surface area contributed by atoms with E-state index in [1.54, 1.807) is 25.3 Å². The Morgan fingerprint density at radius 1 is 0.750 bits per heavy atom. The van der Waals surface area contributed by atoms with Crippen LogP contribution in [0.3, 0.4) is 0 Å². The molecule has 0 aliphatic carbocycles. The third-order valence-electron chi connectivity index (χ3n) is 5.84. The summed E-state index contributed by atoms with van der Waals surface area (Å²) in [6, 6.07) is 14.5. The molecule has 0 fully saturated rings. The van der Waals surface area contributed by atoms with Crippen molar-refractivity contribution < 1.29 is 13.9 Å². The molecule has 4 nitrogen and oxygen atoms in total. The summed E-state index contributed by atoms with van der Waals surface area (Å²) in [7, 11) is 1.58. The highest BCUT2D eigenvalue weighted by Gasteiger charge is 2.08. The number of fused-ring (bicyclic) bond motifs is 1. The van der Waals surface area contributed by atoms with Gasteiger partial charge in [-0.2, -0.15) is 0 Å². The summed E-state index contributed by atoms with van der Waals surface area (Å²) in [4.78, 5) is 12.5. The van der Waals surface area contributed by atoms with Crippen LogP contribution in [0, 0.1) is 0 Å². The fourth-order valence-corrected chi connectivity index (χ4v) is 3.90. The van der Waals surface area contributed by atoms with E-state index < -0.39 is 0 Å². The summed E-state index contributed by atoms with van der Waals surface area (Å²) in [5, 5.41) is 0.518. The molecule has 4 heteroatoms. The van der Waals surface area contributed by atoms with Crippen LogP contribution < -0.4 is 14.9 Å². The van der Waals surface area contributed by atoms with Crippen LogP contribution in [0.15, 0.2) is 57.7 Å². The lowest BCUT2D eigenvalue weighted by Gasteiger charge is -2.08. The Balaban J connectivity index is 1.42. The summed E-state index contributed by atoms with van der Waals surface area (Å²) in [5.74, 6) is 2.04. The molecular weight excluding hydrogens is 400 g/mol. The first kappa shape index (κ1) is 23.9. The van der Waals surface area contributed by atoms with E-state index in [1.807, 2.05) is 24.3 Å². The smallest absolute Gasteiger partial charge is 0.193 e. The Morgan fingerprint density at radius 3 is 2.03 bits per heavy atom. The van der Waals surface area contributed by atoms with Crippen LogP contribution in [0.1, 0.15) is 71.1 Å². The molecule has 0 saturated carbocycles. The number of rotatable bonds is 14. The fraction of sp³-hybridized carbons (Fsp3) is 0.464. The summed E-state index contributed by atoms with van der Waals surface area (Å²) < 4.78 is 17.0. The molecule has 0 saturated heterocycles. The molecule has 172 valence electrons. The van der Waals surface area contributed by atoms with Crippen LogP contribution in [-0.4, -0.2) is 13.7 Å². The second-order valence-corrected chi connectivity index (χ2v) is 8.39. The minimum Gasteiger partial charge on any atom is -0.497 e. The van der Waals surface area contributed by atoms with Gasteiger partial charge in [0.05, 0.1) is 19.1 Å². The quantitative estimate of drug-likeness (QED) is 0.242. The number of hydrogen-bond acceptors (Lipinski definition) is 4. The van der Waals surface area contributed by atoms with E-state index in [2.05, 4.69) is 6.92 Å². The lowest BCUT2D eigenvalue weighted by Crippen LogP contribution is -2.01. The maximum Gasteiger partial charge on any atom is 0.193 e. The second kappa shape index (κ2) is 12.9. The van der Waals surface area contributed by atoms with Gasteiger partial charge in [-0.1, -0.05) is 64.7 Å². The molecule has 3 rings (SSSR count). The lowest BCUT2D eigenvalue weighted by atomic mass is 10.1. The zero-order valence-corrected chi connectivity index (χ0v) is 19.5. The number of unbranched alkanes of at least 4 members (excludes halogenated alkanes) is 9. The normalized spacial score (nSPS) is 11.1. The molecule has 2 aromatic carbocycles. The molecule has 0 atom stereocenters. The van der Waals surface area contributed by atoms with Gasteiger partial charge >= 0.3 is 0 Å². The van der Waals surface area contributed by atoms with Gasteiger partial charge in [-0.3, -0.25) is 4.79 Å². The van der Waals surface area contributed by atoms with Crippen molar-refractivity contribution >= 4 is 11.0 Å². The van der Waals surface area contributed by atoms with Crippen LogP contribution in [0.25, 0.3) is 22.3 Å². The number of hydrogen-bond donors (Lipinski definition) is 0. The van der Waals surface area contributed by atoms with Gasteiger partial charge in [-0.15, -0.1) is 0 Å². The average molecular weight is 437 g/mol. The molecule has 32 heavy (non-hydrogen) atoms. The summed E-state index contributed by atoms with van der Waals surface area (Å²) in [6.45, 7) is 3.00. The van der Waals surface area contributed by atoms with Crippen LogP contribution in [-0.2, 0) is 0 Å². The molecule has 1 heterocycles. The van der Waals surface area contributed by atoms with Gasteiger partial charge in [0.1, 0.15) is 22.8 Å². The average Bonchev–Trinajstić information content (AvgIpc) is 2.82. The molecule has 0 spiro atoms. The molecule has 3 aromatic rings. The largest absolute Gasteiger partial charge is 0.497 e. The van der Waals surface area contributed by atoms with Gasteiger partial charge in [0.25, 0.3) is 0 Å². The second-order valence-electron chi connectivity index (χ2n) is 8.39. The number of methoxy groups -OCH3 is 1. The Labute approximate surface area is 191 Å². The van der Waals surface area contributed by atoms with E-state index in [0.29, 0.717) is 22.5 Å². The monoisotopic (exact) mass is 436 g/mol. The van der Waals surface area contributed by atoms with E-state index in [1.165, 1.54) is 63.9 Å². The summed E-state index contributed by atoms with van der Waals surface area (Å²) in [5.41, 5.74) is 1.32. The van der Waals surface area contributed by atoms with Gasteiger partial charge < -0.3 is 13.9 Å². The molecule has 0 unspecified atom stereocenters. The molecule has 0 amide bonds. The first-order chi connectivity index (χ1) is 15.7.